The number of hydrogen-bond donors (Lipinski definition) is 0. The van der Waals surface area contributed by atoms with Crippen LogP contribution in [0.5, 0.6) is 0 Å². The molecule has 0 spiro atoms. The van der Waals surface area contributed by atoms with Crippen molar-refractivity contribution < 1.29 is 0 Å². The van der Waals surface area contributed by atoms with Crippen LogP contribution >= 0.6 is 0 Å². The Morgan fingerprint density at radius 3 is 2.59 bits per heavy atom. The highest BCUT2D eigenvalue weighted by molar-refractivity contribution is 5.82. The Morgan fingerprint density at radius 2 is 1.78 bits per heavy atom. The molecule has 0 saturated heterocycles. The van der Waals surface area contributed by atoms with Crippen molar-refractivity contribution in [2.24, 2.45) is 0 Å². The fourth-order valence-corrected chi connectivity index (χ4v) is 4.73. The first kappa shape index (κ1) is 22.1. The Hall–Kier alpha value is -3.06. The minimum atomic E-state index is 0.0146. The smallest absolute Gasteiger partial charge is 0.0414 e. The molecule has 1 heteroatoms. The van der Waals surface area contributed by atoms with Crippen LogP contribution in [-0.2, 0) is 5.41 Å². The maximum Gasteiger partial charge on any atom is 0.0414 e. The summed E-state index contributed by atoms with van der Waals surface area (Å²) < 4.78 is 0. The van der Waals surface area contributed by atoms with Crippen LogP contribution in [0.4, 0.5) is 5.69 Å². The average Bonchev–Trinajstić information content (AvgIpc) is 2.91. The maximum absolute atomic E-state index is 2.47. The fourth-order valence-electron chi connectivity index (χ4n) is 4.73. The summed E-state index contributed by atoms with van der Waals surface area (Å²) in [5, 5.41) is 0. The second kappa shape index (κ2) is 9.20. The van der Waals surface area contributed by atoms with Crippen LogP contribution in [0.3, 0.4) is 0 Å². The second-order valence-electron chi connectivity index (χ2n) is 9.50. The van der Waals surface area contributed by atoms with Crippen molar-refractivity contribution in [3.05, 3.63) is 113 Å². The molecule has 0 amide bonds. The molecule has 0 saturated carbocycles. The van der Waals surface area contributed by atoms with E-state index >= 15 is 0 Å². The van der Waals surface area contributed by atoms with Gasteiger partial charge in [-0.15, -0.1) is 0 Å². The summed E-state index contributed by atoms with van der Waals surface area (Å²) in [4.78, 5) is 2.47. The monoisotopic (exact) mass is 421 g/mol. The third-order valence-electron chi connectivity index (χ3n) is 6.86. The van der Waals surface area contributed by atoms with Gasteiger partial charge in [0, 0.05) is 29.8 Å². The summed E-state index contributed by atoms with van der Waals surface area (Å²) in [7, 11) is 0. The lowest BCUT2D eigenvalue weighted by molar-refractivity contribution is 0.660. The Kier molecular flexibility index (Phi) is 6.37. The van der Waals surface area contributed by atoms with Gasteiger partial charge in [-0.3, -0.25) is 0 Å². The van der Waals surface area contributed by atoms with Crippen LogP contribution < -0.4 is 4.90 Å². The van der Waals surface area contributed by atoms with E-state index in [1.54, 1.807) is 0 Å². The van der Waals surface area contributed by atoms with Gasteiger partial charge in [-0.25, -0.2) is 0 Å². The van der Waals surface area contributed by atoms with E-state index in [0.29, 0.717) is 0 Å². The van der Waals surface area contributed by atoms with Gasteiger partial charge in [-0.1, -0.05) is 91.8 Å². The van der Waals surface area contributed by atoms with Gasteiger partial charge in [0.1, 0.15) is 0 Å². The van der Waals surface area contributed by atoms with E-state index in [0.717, 1.165) is 19.4 Å². The normalized spacial score (nSPS) is 17.0. The van der Waals surface area contributed by atoms with Crippen molar-refractivity contribution in [1.29, 1.82) is 0 Å². The summed E-state index contributed by atoms with van der Waals surface area (Å²) in [6.45, 7) is 12.0. The molecule has 0 N–H and O–H groups in total. The SMILES string of the molecule is C/C=C(/C)C/C=C\CN(C1=CC=C(C)C=CC1)c1ccc2c(c1)C(C)(C)c1ccccc1-2. The van der Waals surface area contributed by atoms with Crippen molar-refractivity contribution in [3.8, 4) is 11.1 Å². The van der Waals surface area contributed by atoms with Crippen molar-refractivity contribution in [2.45, 2.75) is 52.9 Å². The van der Waals surface area contributed by atoms with E-state index in [1.807, 2.05) is 0 Å². The van der Waals surface area contributed by atoms with Gasteiger partial charge < -0.3 is 4.90 Å². The minimum Gasteiger partial charge on any atom is -0.341 e. The number of rotatable bonds is 6. The van der Waals surface area contributed by atoms with Gasteiger partial charge in [0.25, 0.3) is 0 Å². The Labute approximate surface area is 194 Å². The topological polar surface area (TPSA) is 3.24 Å². The predicted molar refractivity (Wildman–Crippen MR) is 140 cm³/mol. The lowest BCUT2D eigenvalue weighted by Crippen LogP contribution is -2.23. The Balaban J connectivity index is 1.72. The molecule has 164 valence electrons. The molecule has 0 aromatic heterocycles. The molecule has 0 heterocycles. The van der Waals surface area contributed by atoms with Crippen molar-refractivity contribution in [2.75, 3.05) is 11.4 Å². The standard InChI is InChI=1S/C31H35N/c1-6-23(2)12-9-10-21-32(25-14-11-13-24(3)17-18-25)26-19-20-28-27-15-7-8-16-29(27)31(4,5)30(28)22-26/h6-11,13,15-20,22H,12,14,21H2,1-5H3/b10-9-,23-6-. The van der Waals surface area contributed by atoms with Gasteiger partial charge >= 0.3 is 0 Å². The lowest BCUT2D eigenvalue weighted by atomic mass is 9.82. The molecule has 2 aromatic carbocycles. The lowest BCUT2D eigenvalue weighted by Gasteiger charge is -2.28. The van der Waals surface area contributed by atoms with E-state index in [4.69, 9.17) is 0 Å². The molecule has 4 rings (SSSR count). The third-order valence-corrected chi connectivity index (χ3v) is 6.86. The highest BCUT2D eigenvalue weighted by Crippen LogP contribution is 2.49. The molecule has 0 bridgehead atoms. The molecule has 2 aliphatic rings. The quantitative estimate of drug-likeness (QED) is 0.423. The largest absolute Gasteiger partial charge is 0.341 e. The molecule has 0 radical (unpaired) electrons. The number of benzene rings is 2. The number of anilines is 1. The highest BCUT2D eigenvalue weighted by atomic mass is 15.1. The molecule has 0 atom stereocenters. The van der Waals surface area contributed by atoms with Crippen LogP contribution in [0.1, 0.15) is 58.6 Å². The van der Waals surface area contributed by atoms with Crippen LogP contribution in [-0.4, -0.2) is 6.54 Å². The first-order valence-corrected chi connectivity index (χ1v) is 11.7. The first-order valence-electron chi connectivity index (χ1n) is 11.7. The third kappa shape index (κ3) is 4.30. The zero-order valence-electron chi connectivity index (χ0n) is 20.2. The summed E-state index contributed by atoms with van der Waals surface area (Å²) in [5.74, 6) is 0. The fraction of sp³-hybridized carbons (Fsp3) is 0.290. The van der Waals surface area contributed by atoms with Crippen molar-refractivity contribution in [1.82, 2.24) is 0 Å². The Morgan fingerprint density at radius 1 is 1.00 bits per heavy atom. The molecule has 2 aliphatic carbocycles. The highest BCUT2D eigenvalue weighted by Gasteiger charge is 2.35. The van der Waals surface area contributed by atoms with Crippen LogP contribution in [0.15, 0.2) is 102 Å². The number of nitrogens with zero attached hydrogens (tertiary/aromatic N) is 1. The van der Waals surface area contributed by atoms with Crippen LogP contribution in [0, 0.1) is 0 Å². The summed E-state index contributed by atoms with van der Waals surface area (Å²) in [6, 6.07) is 15.9. The van der Waals surface area contributed by atoms with Crippen LogP contribution in [0.25, 0.3) is 11.1 Å². The average molecular weight is 422 g/mol. The van der Waals surface area contributed by atoms with E-state index < -0.39 is 0 Å². The number of hydrogen-bond acceptors (Lipinski definition) is 1. The van der Waals surface area contributed by atoms with Crippen LogP contribution in [0.2, 0.25) is 0 Å². The molecule has 0 fully saturated rings. The number of allylic oxidation sites excluding steroid dienone is 8. The van der Waals surface area contributed by atoms with E-state index in [1.165, 1.54) is 44.8 Å². The van der Waals surface area contributed by atoms with E-state index in [9.17, 15) is 0 Å². The van der Waals surface area contributed by atoms with Gasteiger partial charge in [0.2, 0.25) is 0 Å². The molecular weight excluding hydrogens is 386 g/mol. The van der Waals surface area contributed by atoms with Gasteiger partial charge in [-0.05, 0) is 67.7 Å². The first-order chi connectivity index (χ1) is 15.4. The molecule has 1 nitrogen and oxygen atoms in total. The predicted octanol–water partition coefficient (Wildman–Crippen LogP) is 8.50. The van der Waals surface area contributed by atoms with E-state index in [2.05, 4.69) is 125 Å². The molecule has 2 aromatic rings. The van der Waals surface area contributed by atoms with Crippen molar-refractivity contribution in [3.63, 3.8) is 0 Å². The summed E-state index contributed by atoms with van der Waals surface area (Å²) in [6.07, 6.45) is 17.8. The molecular formula is C31H35N. The maximum atomic E-state index is 2.47. The summed E-state index contributed by atoms with van der Waals surface area (Å²) >= 11 is 0. The zero-order chi connectivity index (χ0) is 22.7. The summed E-state index contributed by atoms with van der Waals surface area (Å²) in [5.41, 5.74) is 10.9. The molecule has 0 unspecified atom stereocenters. The van der Waals surface area contributed by atoms with Crippen molar-refractivity contribution >= 4 is 5.69 Å². The minimum absolute atomic E-state index is 0.0146. The van der Waals surface area contributed by atoms with Gasteiger partial charge in [0.05, 0.1) is 0 Å². The molecule has 32 heavy (non-hydrogen) atoms. The second-order valence-corrected chi connectivity index (χ2v) is 9.50. The Bertz CT molecular complexity index is 1150. The van der Waals surface area contributed by atoms with E-state index in [-0.39, 0.29) is 5.41 Å². The molecule has 0 aliphatic heterocycles. The number of fused-ring (bicyclic) bond motifs is 3. The zero-order valence-corrected chi connectivity index (χ0v) is 20.2. The van der Waals surface area contributed by atoms with Gasteiger partial charge in [-0.2, -0.15) is 0 Å². The van der Waals surface area contributed by atoms with Gasteiger partial charge in [0.15, 0.2) is 0 Å².